The van der Waals surface area contributed by atoms with Crippen LogP contribution in [0.3, 0.4) is 0 Å². The number of benzene rings is 1. The lowest BCUT2D eigenvalue weighted by Crippen LogP contribution is -2.18. The third-order valence-corrected chi connectivity index (χ3v) is 2.54. The van der Waals surface area contributed by atoms with Crippen LogP contribution in [-0.2, 0) is 4.79 Å². The molecule has 98 valence electrons. The van der Waals surface area contributed by atoms with E-state index < -0.39 is 5.97 Å². The fourth-order valence-electron chi connectivity index (χ4n) is 1.59. The van der Waals surface area contributed by atoms with E-state index in [-0.39, 0.29) is 0 Å². The van der Waals surface area contributed by atoms with Gasteiger partial charge in [-0.05, 0) is 30.2 Å². The highest BCUT2D eigenvalue weighted by Crippen LogP contribution is 2.15. The Balaban J connectivity index is 2.42. The highest BCUT2D eigenvalue weighted by Gasteiger charge is 1.95. The first kappa shape index (κ1) is 14.3. The molecule has 0 spiro atoms. The number of unbranched alkanes of at least 4 members (excludes halogenated alkanes) is 3. The van der Waals surface area contributed by atoms with E-state index in [0.29, 0.717) is 6.61 Å². The zero-order valence-electron chi connectivity index (χ0n) is 10.7. The molecule has 0 bridgehead atoms. The van der Waals surface area contributed by atoms with Crippen LogP contribution in [0.2, 0.25) is 0 Å². The van der Waals surface area contributed by atoms with Crippen LogP contribution in [0.1, 0.15) is 38.2 Å². The van der Waals surface area contributed by atoms with Crippen LogP contribution in [0.5, 0.6) is 5.75 Å². The first-order chi connectivity index (χ1) is 8.72. The van der Waals surface area contributed by atoms with Gasteiger partial charge in [0.2, 0.25) is 0 Å². The van der Waals surface area contributed by atoms with E-state index in [1.165, 1.54) is 25.3 Å². The maximum atomic E-state index is 10.3. The van der Waals surface area contributed by atoms with Crippen molar-refractivity contribution in [2.24, 2.45) is 0 Å². The van der Waals surface area contributed by atoms with Crippen LogP contribution >= 0.6 is 0 Å². The molecule has 0 aliphatic carbocycles. The van der Waals surface area contributed by atoms with E-state index in [4.69, 9.17) is 4.74 Å². The molecule has 0 aliphatic heterocycles. The molecule has 0 saturated heterocycles. The summed E-state index contributed by atoms with van der Waals surface area (Å²) in [5.74, 6) is -0.423. The minimum Gasteiger partial charge on any atom is -0.545 e. The van der Waals surface area contributed by atoms with Gasteiger partial charge in [0.25, 0.3) is 0 Å². The minimum atomic E-state index is -1.19. The van der Waals surface area contributed by atoms with Gasteiger partial charge in [-0.15, -0.1) is 0 Å². The lowest BCUT2D eigenvalue weighted by Gasteiger charge is -2.06. The minimum absolute atomic E-state index is 0.702. The first-order valence-electron chi connectivity index (χ1n) is 6.34. The number of hydrogen-bond donors (Lipinski definition) is 0. The summed E-state index contributed by atoms with van der Waals surface area (Å²) in [5.41, 5.74) is 0.797. The summed E-state index contributed by atoms with van der Waals surface area (Å²) in [6.45, 7) is 2.88. The quantitative estimate of drug-likeness (QED) is 0.523. The Morgan fingerprint density at radius 3 is 2.89 bits per heavy atom. The average Bonchev–Trinajstić information content (AvgIpc) is 2.37. The maximum Gasteiger partial charge on any atom is 0.119 e. The third-order valence-electron chi connectivity index (χ3n) is 2.54. The molecule has 1 aromatic rings. The molecule has 0 heterocycles. The van der Waals surface area contributed by atoms with Crippen molar-refractivity contribution in [3.05, 3.63) is 35.9 Å². The number of carboxylic acids is 1. The molecule has 18 heavy (non-hydrogen) atoms. The number of carbonyl (C=O) groups excluding carboxylic acids is 1. The molecule has 1 rings (SSSR count). The second-order valence-corrected chi connectivity index (χ2v) is 4.13. The second-order valence-electron chi connectivity index (χ2n) is 4.13. The SMILES string of the molecule is CCCCCCOc1cccc(/C=C/C(=O)[O-])c1. The van der Waals surface area contributed by atoms with Crippen molar-refractivity contribution >= 4 is 12.0 Å². The summed E-state index contributed by atoms with van der Waals surface area (Å²) in [4.78, 5) is 10.3. The van der Waals surface area contributed by atoms with Gasteiger partial charge in [0, 0.05) is 0 Å². The van der Waals surface area contributed by atoms with Crippen molar-refractivity contribution in [1.82, 2.24) is 0 Å². The van der Waals surface area contributed by atoms with E-state index >= 15 is 0 Å². The Morgan fingerprint density at radius 2 is 2.17 bits per heavy atom. The standard InChI is InChI=1S/C15H20O3/c1-2-3-4-5-11-18-14-8-6-7-13(12-14)9-10-15(16)17/h6-10,12H,2-5,11H2,1H3,(H,16,17)/p-1/b10-9+. The van der Waals surface area contributed by atoms with Gasteiger partial charge in [0.15, 0.2) is 0 Å². The van der Waals surface area contributed by atoms with Gasteiger partial charge in [-0.3, -0.25) is 0 Å². The van der Waals surface area contributed by atoms with E-state index in [1.807, 2.05) is 24.3 Å². The molecule has 0 atom stereocenters. The summed E-state index contributed by atoms with van der Waals surface area (Å²) in [7, 11) is 0. The van der Waals surface area contributed by atoms with Crippen molar-refractivity contribution in [2.75, 3.05) is 6.61 Å². The molecule has 0 aliphatic rings. The van der Waals surface area contributed by atoms with Gasteiger partial charge in [-0.1, -0.05) is 44.4 Å². The maximum absolute atomic E-state index is 10.3. The summed E-state index contributed by atoms with van der Waals surface area (Å²) >= 11 is 0. The largest absolute Gasteiger partial charge is 0.545 e. The van der Waals surface area contributed by atoms with Gasteiger partial charge in [-0.25, -0.2) is 0 Å². The summed E-state index contributed by atoms with van der Waals surface area (Å²) in [6.07, 6.45) is 7.19. The van der Waals surface area contributed by atoms with Crippen LogP contribution in [0.25, 0.3) is 6.08 Å². The van der Waals surface area contributed by atoms with Crippen LogP contribution in [0.15, 0.2) is 30.3 Å². The number of carbonyl (C=O) groups is 1. The molecule has 0 unspecified atom stereocenters. The molecule has 0 N–H and O–H groups in total. The Bertz CT molecular complexity index is 396. The van der Waals surface area contributed by atoms with Crippen LogP contribution in [-0.4, -0.2) is 12.6 Å². The zero-order valence-corrected chi connectivity index (χ0v) is 10.7. The molecule has 0 amide bonds. The fourth-order valence-corrected chi connectivity index (χ4v) is 1.59. The zero-order chi connectivity index (χ0) is 13.2. The van der Waals surface area contributed by atoms with E-state index in [9.17, 15) is 9.90 Å². The molecular formula is C15H19O3-. The summed E-state index contributed by atoms with van der Waals surface area (Å²) in [6, 6.07) is 7.36. The molecule has 0 fully saturated rings. The van der Waals surface area contributed by atoms with E-state index in [2.05, 4.69) is 6.92 Å². The lowest BCUT2D eigenvalue weighted by atomic mass is 10.2. The number of hydrogen-bond acceptors (Lipinski definition) is 3. The lowest BCUT2D eigenvalue weighted by molar-refractivity contribution is -0.297. The molecule has 1 aromatic carbocycles. The van der Waals surface area contributed by atoms with Crippen molar-refractivity contribution in [1.29, 1.82) is 0 Å². The molecule has 0 aromatic heterocycles. The van der Waals surface area contributed by atoms with E-state index in [0.717, 1.165) is 23.8 Å². The monoisotopic (exact) mass is 247 g/mol. The highest BCUT2D eigenvalue weighted by molar-refractivity contribution is 5.83. The second kappa shape index (κ2) is 8.34. The number of aliphatic carboxylic acids is 1. The smallest absolute Gasteiger partial charge is 0.119 e. The van der Waals surface area contributed by atoms with Crippen molar-refractivity contribution in [3.8, 4) is 5.75 Å². The predicted octanol–water partition coefficient (Wildman–Crippen LogP) is 2.41. The number of rotatable bonds is 8. The highest BCUT2D eigenvalue weighted by atomic mass is 16.5. The fraction of sp³-hybridized carbons (Fsp3) is 0.400. The molecule has 3 nitrogen and oxygen atoms in total. The third kappa shape index (κ3) is 6.09. The van der Waals surface area contributed by atoms with Crippen molar-refractivity contribution in [2.45, 2.75) is 32.6 Å². The van der Waals surface area contributed by atoms with Gasteiger partial charge < -0.3 is 14.6 Å². The number of ether oxygens (including phenoxy) is 1. The Kier molecular flexibility index (Phi) is 6.62. The van der Waals surface area contributed by atoms with E-state index in [1.54, 1.807) is 0 Å². The topological polar surface area (TPSA) is 49.4 Å². The summed E-state index contributed by atoms with van der Waals surface area (Å²) in [5, 5.41) is 10.3. The molecule has 0 saturated carbocycles. The Morgan fingerprint density at radius 1 is 1.33 bits per heavy atom. The summed E-state index contributed by atoms with van der Waals surface area (Å²) < 4.78 is 5.60. The number of carboxylic acid groups (broad SMARTS) is 1. The van der Waals surface area contributed by atoms with Crippen molar-refractivity contribution in [3.63, 3.8) is 0 Å². The molecule has 3 heteroatoms. The van der Waals surface area contributed by atoms with Gasteiger partial charge in [0.1, 0.15) is 5.75 Å². The average molecular weight is 247 g/mol. The predicted molar refractivity (Wildman–Crippen MR) is 70.1 cm³/mol. The molecular weight excluding hydrogens is 228 g/mol. The normalized spacial score (nSPS) is 10.7. The van der Waals surface area contributed by atoms with Gasteiger partial charge in [0.05, 0.1) is 12.6 Å². The van der Waals surface area contributed by atoms with Crippen LogP contribution in [0, 0.1) is 0 Å². The van der Waals surface area contributed by atoms with Crippen LogP contribution in [0.4, 0.5) is 0 Å². The van der Waals surface area contributed by atoms with Crippen LogP contribution < -0.4 is 9.84 Å². The molecule has 0 radical (unpaired) electrons. The van der Waals surface area contributed by atoms with Crippen molar-refractivity contribution < 1.29 is 14.6 Å². The first-order valence-corrected chi connectivity index (χ1v) is 6.34. The Labute approximate surface area is 108 Å². The Hall–Kier alpha value is -1.77. The van der Waals surface area contributed by atoms with Gasteiger partial charge in [-0.2, -0.15) is 0 Å². The van der Waals surface area contributed by atoms with Gasteiger partial charge >= 0.3 is 0 Å².